The van der Waals surface area contributed by atoms with Gasteiger partial charge in [0.1, 0.15) is 28.6 Å². The van der Waals surface area contributed by atoms with Gasteiger partial charge in [0, 0.05) is 89.2 Å². The summed E-state index contributed by atoms with van der Waals surface area (Å²) in [6.07, 6.45) is 7.10. The van der Waals surface area contributed by atoms with Gasteiger partial charge >= 0.3 is 18.2 Å². The number of carbonyl (C=O) groups excluding carboxylic acids is 6. The number of alkyl halides is 1. The van der Waals surface area contributed by atoms with Crippen LogP contribution in [0, 0.1) is 40.9 Å². The van der Waals surface area contributed by atoms with E-state index in [9.17, 15) is 42.7 Å². The zero-order valence-corrected chi connectivity index (χ0v) is 58.6. The molecule has 0 aliphatic carbocycles. The minimum atomic E-state index is -0.559. The molecule has 0 bridgehead atoms. The lowest BCUT2D eigenvalue weighted by Crippen LogP contribution is -2.47. The predicted octanol–water partition coefficient (Wildman–Crippen LogP) is 10.5. The molecule has 3 saturated heterocycles. The summed E-state index contributed by atoms with van der Waals surface area (Å²) < 4.78 is 57.2. The fraction of sp³-hybridized carbons (Fsp3) is 0.562. The molecule has 3 aromatic heterocycles. The second-order valence-electron chi connectivity index (χ2n) is 25.5. The van der Waals surface area contributed by atoms with Gasteiger partial charge in [0.05, 0.1) is 133 Å². The van der Waals surface area contributed by atoms with Crippen LogP contribution in [-0.4, -0.2) is 173 Å². The number of amides is 7. The topological polar surface area (TPSA) is 278 Å². The molecule has 95 heavy (non-hydrogen) atoms. The number of aliphatic hydroxyl groups is 1. The molecule has 2 aromatic carbocycles. The summed E-state index contributed by atoms with van der Waals surface area (Å²) in [6, 6.07) is 7.22. The number of aliphatic hydroxyl groups excluding tert-OH is 1. The first kappa shape index (κ1) is 76.6. The first-order valence-electron chi connectivity index (χ1n) is 30.5. The standard InChI is InChI=1S/C20H23ClFN5O3.C18H28N4O4.C17H26N4O4.C7H3ClFNO.CH3I.CH4/c1-12-8-27-18(17(7-23-27)26-9-13(11-30-2)5-19(26)28)10-25(12)20(29)24-14-3-4-16(22)15(21)6-14;1-12-8-22-15(10-20(12)17(24)26-18(2,3)4)14(7-19-22)21-9-13(11-25-5)6-16(21)23;1-11-7-21-14(9-19(11)16(24)25-17(2,3)4)13(6-18-21)20-8-12(10-22)5-15(20)23;8-6-3-5(11-4-10)1-2-7(6)9;1-2;/h3-4,6-7,12-13H,5,8-11H2,1-2H3,(H,24,29);7,12-13H,6,8-11H2,1-5H3;6,11-12,22H,5,7-10H2,1-4H3;1-3H;1H3;1H4/t2*12-,13?;11-,12?;;;/m000.../s1. The Morgan fingerprint density at radius 3 is 1.35 bits per heavy atom. The maximum absolute atomic E-state index is 13.4. The molecule has 6 aliphatic rings. The van der Waals surface area contributed by atoms with Crippen LogP contribution in [0.4, 0.5) is 45.9 Å². The normalized spacial score (nSPS) is 20.4. The maximum Gasteiger partial charge on any atom is 0.410 e. The first-order chi connectivity index (χ1) is 44.5. The summed E-state index contributed by atoms with van der Waals surface area (Å²) in [4.78, 5) is 87.4. The van der Waals surface area contributed by atoms with Crippen LogP contribution >= 0.6 is 45.8 Å². The summed E-state index contributed by atoms with van der Waals surface area (Å²) >= 11 is 13.3. The van der Waals surface area contributed by atoms with Crippen molar-refractivity contribution in [3.63, 3.8) is 0 Å². The van der Waals surface area contributed by atoms with E-state index in [1.807, 2.05) is 81.3 Å². The van der Waals surface area contributed by atoms with E-state index in [1.54, 1.807) is 62.2 Å². The minimum absolute atomic E-state index is 0. The van der Waals surface area contributed by atoms with Crippen LogP contribution in [0.1, 0.15) is 106 Å². The number of ether oxygens (including phenoxy) is 5. The van der Waals surface area contributed by atoms with Crippen LogP contribution in [0.5, 0.6) is 5.75 Å². The number of aromatic nitrogens is 6. The molecule has 3 unspecified atom stereocenters. The Labute approximate surface area is 576 Å². The van der Waals surface area contributed by atoms with Crippen molar-refractivity contribution < 1.29 is 66.3 Å². The SMILES string of the molecule is C.CI.COCC1CC(=O)N(c2cnn3c2CN(C(=O)Nc2ccc(F)c(Cl)c2)[C@@H](C)C3)C1.COCC1CC(=O)N(c2cnn3c2CN(C(=O)OC(C)(C)C)[C@@H](C)C3)C1.C[C@H]1Cn2ncc(N3CC(CO)CC3=O)c2CN1C(=O)OC(C)(C)C.N#COc1ccc(F)c(Cl)c1. The van der Waals surface area contributed by atoms with Crippen LogP contribution < -0.4 is 24.8 Å². The Balaban J connectivity index is 0.000000206. The van der Waals surface area contributed by atoms with Crippen molar-refractivity contribution in [2.45, 2.75) is 158 Å². The molecule has 5 aromatic rings. The zero-order chi connectivity index (χ0) is 69.1. The Morgan fingerprint density at radius 1 is 0.621 bits per heavy atom. The molecule has 7 amide bonds. The lowest BCUT2D eigenvalue weighted by molar-refractivity contribution is -0.118. The Bertz CT molecular complexity index is 3560. The second-order valence-corrected chi connectivity index (χ2v) is 26.3. The molecule has 9 heterocycles. The molecule has 6 aliphatic heterocycles. The molecule has 3 fully saturated rings. The summed E-state index contributed by atoms with van der Waals surface area (Å²) in [6.45, 7) is 22.4. The first-order valence-corrected chi connectivity index (χ1v) is 33.5. The molecule has 6 atom stereocenters. The molecule has 520 valence electrons. The van der Waals surface area contributed by atoms with Crippen molar-refractivity contribution in [1.82, 2.24) is 44.0 Å². The molecule has 0 saturated carbocycles. The number of urea groups is 1. The number of rotatable bonds is 10. The zero-order valence-electron chi connectivity index (χ0n) is 54.9. The van der Waals surface area contributed by atoms with Gasteiger partial charge < -0.3 is 53.7 Å². The van der Waals surface area contributed by atoms with Gasteiger partial charge in [0.15, 0.2) is 0 Å². The average Bonchev–Trinajstić information content (AvgIpc) is 1.66. The monoisotopic (exact) mass is 1480 g/mol. The van der Waals surface area contributed by atoms with Gasteiger partial charge in [0.2, 0.25) is 17.7 Å². The van der Waals surface area contributed by atoms with Crippen LogP contribution in [0.15, 0.2) is 55.0 Å². The number of methoxy groups -OCH3 is 2. The number of hydrogen-bond donors (Lipinski definition) is 2. The van der Waals surface area contributed by atoms with Gasteiger partial charge in [-0.15, -0.1) is 5.26 Å². The molecule has 2 N–H and O–H groups in total. The van der Waals surface area contributed by atoms with Gasteiger partial charge in [-0.3, -0.25) is 38.2 Å². The highest BCUT2D eigenvalue weighted by molar-refractivity contribution is 14.1. The van der Waals surface area contributed by atoms with Gasteiger partial charge in [0.25, 0.3) is 6.26 Å². The van der Waals surface area contributed by atoms with Crippen LogP contribution in [0.25, 0.3) is 0 Å². The van der Waals surface area contributed by atoms with E-state index in [2.05, 4.69) is 47.9 Å². The van der Waals surface area contributed by atoms with E-state index in [0.29, 0.717) is 97.1 Å². The maximum atomic E-state index is 13.4. The van der Waals surface area contributed by atoms with Crippen molar-refractivity contribution in [3.05, 3.63) is 93.8 Å². The fourth-order valence-corrected chi connectivity index (χ4v) is 11.8. The van der Waals surface area contributed by atoms with E-state index < -0.39 is 22.8 Å². The summed E-state index contributed by atoms with van der Waals surface area (Å²) in [5.41, 5.74) is 4.06. The second kappa shape index (κ2) is 33.5. The third-order valence-electron chi connectivity index (χ3n) is 15.9. The Morgan fingerprint density at radius 2 is 0.989 bits per heavy atom. The van der Waals surface area contributed by atoms with Crippen molar-refractivity contribution in [2.24, 2.45) is 17.8 Å². The van der Waals surface area contributed by atoms with Crippen LogP contribution in [-0.2, 0) is 72.6 Å². The third kappa shape index (κ3) is 19.4. The molecule has 31 heteroatoms. The molecule has 11 rings (SSSR count). The Kier molecular flexibility index (Phi) is 27.1. The number of anilines is 4. The number of carbonyl (C=O) groups is 6. The summed E-state index contributed by atoms with van der Waals surface area (Å²) in [5, 5.41) is 33.3. The lowest BCUT2D eigenvalue weighted by atomic mass is 10.1. The van der Waals surface area contributed by atoms with Gasteiger partial charge in [-0.25, -0.2) is 23.2 Å². The number of fused-ring (bicyclic) bond motifs is 3. The van der Waals surface area contributed by atoms with Crippen LogP contribution in [0.3, 0.4) is 0 Å². The van der Waals surface area contributed by atoms with Crippen LogP contribution in [0.2, 0.25) is 10.0 Å². The molecule has 0 spiro atoms. The smallest absolute Gasteiger partial charge is 0.410 e. The van der Waals surface area contributed by atoms with E-state index in [1.165, 1.54) is 36.6 Å². The van der Waals surface area contributed by atoms with Crippen molar-refractivity contribution in [2.75, 3.05) is 78.6 Å². The number of nitrogens with one attached hydrogen (secondary N) is 1. The number of benzene rings is 2. The quantitative estimate of drug-likeness (QED) is 0.0747. The largest absolute Gasteiger partial charge is 0.444 e. The molecular formula is C64H87Cl2F2IN14O12. The molecule has 26 nitrogen and oxygen atoms in total. The number of hydrogen-bond acceptors (Lipinski definition) is 16. The van der Waals surface area contributed by atoms with Gasteiger partial charge in [-0.1, -0.05) is 53.2 Å². The van der Waals surface area contributed by atoms with Crippen molar-refractivity contribution >= 4 is 104 Å². The lowest BCUT2D eigenvalue weighted by Gasteiger charge is -2.36. The van der Waals surface area contributed by atoms with Crippen molar-refractivity contribution in [1.29, 1.82) is 5.26 Å². The Hall–Kier alpha value is -7.37. The fourth-order valence-electron chi connectivity index (χ4n) is 11.5. The number of nitrogens with zero attached hydrogens (tertiary/aromatic N) is 13. The van der Waals surface area contributed by atoms with E-state index in [0.717, 1.165) is 40.2 Å². The highest BCUT2D eigenvalue weighted by Gasteiger charge is 2.41. The average molecular weight is 1480 g/mol. The summed E-state index contributed by atoms with van der Waals surface area (Å²) in [7, 11) is 3.27. The van der Waals surface area contributed by atoms with Gasteiger partial charge in [-0.05, 0) is 97.6 Å². The molecule has 0 radical (unpaired) electrons. The highest BCUT2D eigenvalue weighted by Crippen LogP contribution is 2.36. The predicted molar refractivity (Wildman–Crippen MR) is 361 cm³/mol. The molecular weight excluding hydrogens is 1390 g/mol. The number of halogens is 5. The van der Waals surface area contributed by atoms with E-state index >= 15 is 0 Å². The summed E-state index contributed by atoms with van der Waals surface area (Å²) in [5.74, 6) is -0.471. The number of nitriles is 1. The van der Waals surface area contributed by atoms with E-state index in [4.69, 9.17) is 47.4 Å². The highest BCUT2D eigenvalue weighted by atomic mass is 127. The van der Waals surface area contributed by atoms with Gasteiger partial charge in [-0.2, -0.15) is 15.3 Å². The van der Waals surface area contributed by atoms with Crippen molar-refractivity contribution in [3.8, 4) is 12.0 Å². The third-order valence-corrected chi connectivity index (χ3v) is 16.5. The van der Waals surface area contributed by atoms with E-state index in [-0.39, 0.29) is 102 Å². The minimum Gasteiger partial charge on any atom is -0.444 e.